The Hall–Kier alpha value is -2.36. The molecule has 148 valence electrons. The maximum absolute atomic E-state index is 12.4. The van der Waals surface area contributed by atoms with E-state index in [9.17, 15) is 18.0 Å². The molecule has 0 fully saturated rings. The molecular weight excluding hydrogens is 398 g/mol. The second kappa shape index (κ2) is 8.34. The van der Waals surface area contributed by atoms with Crippen molar-refractivity contribution in [1.82, 2.24) is 4.72 Å². The van der Waals surface area contributed by atoms with Crippen molar-refractivity contribution in [2.45, 2.75) is 29.7 Å². The fourth-order valence-electron chi connectivity index (χ4n) is 2.77. The molecule has 28 heavy (non-hydrogen) atoms. The van der Waals surface area contributed by atoms with Crippen LogP contribution in [0.25, 0.3) is 0 Å². The Balaban J connectivity index is 1.68. The molecule has 9 heteroatoms. The second-order valence-corrected chi connectivity index (χ2v) is 9.32. The molecule has 0 radical (unpaired) electrons. The molecule has 0 spiro atoms. The lowest BCUT2D eigenvalue weighted by Gasteiger charge is -2.28. The minimum Gasteiger partial charge on any atom is -0.325 e. The summed E-state index contributed by atoms with van der Waals surface area (Å²) in [6.07, 6.45) is 0. The van der Waals surface area contributed by atoms with Gasteiger partial charge in [-0.25, -0.2) is 13.1 Å². The van der Waals surface area contributed by atoms with E-state index in [4.69, 9.17) is 0 Å². The smallest absolute Gasteiger partial charge is 0.244 e. The zero-order valence-corrected chi connectivity index (χ0v) is 17.1. The molecule has 7 nitrogen and oxygen atoms in total. The van der Waals surface area contributed by atoms with E-state index in [1.807, 2.05) is 24.3 Å². The number of nitrogens with zero attached hydrogens (tertiary/aromatic N) is 1. The van der Waals surface area contributed by atoms with Crippen LogP contribution in [0.4, 0.5) is 11.4 Å². The molecular formula is C19H21N3O4S2. The lowest BCUT2D eigenvalue weighted by atomic mass is 10.2. The Labute approximate surface area is 168 Å². The number of hydrogen-bond acceptors (Lipinski definition) is 5. The number of amides is 2. The third-order valence-electron chi connectivity index (χ3n) is 3.95. The summed E-state index contributed by atoms with van der Waals surface area (Å²) in [5, 5.41) is 2.71. The summed E-state index contributed by atoms with van der Waals surface area (Å²) in [5.41, 5.74) is 1.18. The van der Waals surface area contributed by atoms with Crippen LogP contribution in [-0.2, 0) is 19.6 Å². The summed E-state index contributed by atoms with van der Waals surface area (Å²) in [6.45, 7) is 3.38. The van der Waals surface area contributed by atoms with Crippen LogP contribution in [0, 0.1) is 0 Å². The summed E-state index contributed by atoms with van der Waals surface area (Å²) < 4.78 is 26.8. The zero-order valence-electron chi connectivity index (χ0n) is 15.5. The lowest BCUT2D eigenvalue weighted by molar-refractivity contribution is -0.120. The highest BCUT2D eigenvalue weighted by molar-refractivity contribution is 8.00. The molecule has 1 aliphatic rings. The van der Waals surface area contributed by atoms with Crippen LogP contribution < -0.4 is 14.9 Å². The van der Waals surface area contributed by atoms with E-state index in [0.717, 1.165) is 10.6 Å². The van der Waals surface area contributed by atoms with Crippen molar-refractivity contribution in [2.24, 2.45) is 0 Å². The number of para-hydroxylation sites is 1. The maximum atomic E-state index is 12.4. The van der Waals surface area contributed by atoms with Crippen molar-refractivity contribution in [3.63, 3.8) is 0 Å². The number of thioether (sulfide) groups is 1. The Morgan fingerprint density at radius 3 is 2.50 bits per heavy atom. The van der Waals surface area contributed by atoms with Gasteiger partial charge in [0.1, 0.15) is 6.54 Å². The standard InChI is InChI=1S/C19H21N3O4S2/c1-13(2)21-28(25,26)15-9-7-14(8-10-15)20-18(23)11-22-16-5-3-4-6-17(16)27-12-19(22)24/h3-10,13,21H,11-12H2,1-2H3,(H,20,23). The molecule has 2 amide bonds. The van der Waals surface area contributed by atoms with Gasteiger partial charge < -0.3 is 10.2 Å². The first kappa shape index (κ1) is 20.4. The van der Waals surface area contributed by atoms with Gasteiger partial charge >= 0.3 is 0 Å². The highest BCUT2D eigenvalue weighted by atomic mass is 32.2. The highest BCUT2D eigenvalue weighted by Gasteiger charge is 2.26. The van der Waals surface area contributed by atoms with Gasteiger partial charge in [0.25, 0.3) is 0 Å². The van der Waals surface area contributed by atoms with E-state index in [2.05, 4.69) is 10.0 Å². The molecule has 3 rings (SSSR count). The summed E-state index contributed by atoms with van der Waals surface area (Å²) in [6, 6.07) is 13.1. The quantitative estimate of drug-likeness (QED) is 0.750. The van der Waals surface area contributed by atoms with Gasteiger partial charge in [0, 0.05) is 16.6 Å². The van der Waals surface area contributed by atoms with Gasteiger partial charge in [-0.2, -0.15) is 0 Å². The molecule has 0 atom stereocenters. The van der Waals surface area contributed by atoms with Gasteiger partial charge in [-0.15, -0.1) is 11.8 Å². The summed E-state index contributed by atoms with van der Waals surface area (Å²) >= 11 is 1.45. The molecule has 2 aromatic rings. The minimum atomic E-state index is -3.59. The molecule has 0 unspecified atom stereocenters. The number of rotatable bonds is 6. The summed E-state index contributed by atoms with van der Waals surface area (Å²) in [5.74, 6) is -0.189. The molecule has 0 saturated carbocycles. The van der Waals surface area contributed by atoms with Gasteiger partial charge in [-0.05, 0) is 50.2 Å². The van der Waals surface area contributed by atoms with E-state index in [-0.39, 0.29) is 29.3 Å². The topological polar surface area (TPSA) is 95.6 Å². The Bertz CT molecular complexity index is 988. The molecule has 1 heterocycles. The fourth-order valence-corrected chi connectivity index (χ4v) is 4.95. The van der Waals surface area contributed by atoms with Crippen LogP contribution >= 0.6 is 11.8 Å². The van der Waals surface area contributed by atoms with Crippen LogP contribution in [0.2, 0.25) is 0 Å². The molecule has 2 aromatic carbocycles. The van der Waals surface area contributed by atoms with Crippen molar-refractivity contribution in [1.29, 1.82) is 0 Å². The number of anilines is 2. The third kappa shape index (κ3) is 4.73. The molecule has 0 aromatic heterocycles. The van der Waals surface area contributed by atoms with Crippen molar-refractivity contribution in [3.05, 3.63) is 48.5 Å². The van der Waals surface area contributed by atoms with Gasteiger partial charge in [-0.3, -0.25) is 9.59 Å². The van der Waals surface area contributed by atoms with Gasteiger partial charge in [0.2, 0.25) is 21.8 Å². The minimum absolute atomic E-state index is 0.106. The van der Waals surface area contributed by atoms with Crippen LogP contribution in [-0.4, -0.2) is 38.6 Å². The van der Waals surface area contributed by atoms with Crippen molar-refractivity contribution in [2.75, 3.05) is 22.5 Å². The first-order valence-corrected chi connectivity index (χ1v) is 11.2. The van der Waals surface area contributed by atoms with E-state index in [0.29, 0.717) is 11.4 Å². The molecule has 0 aliphatic carbocycles. The van der Waals surface area contributed by atoms with Crippen molar-refractivity contribution in [3.8, 4) is 0 Å². The second-order valence-electron chi connectivity index (χ2n) is 6.58. The normalized spacial score (nSPS) is 14.1. The molecule has 1 aliphatic heterocycles. The molecule has 0 bridgehead atoms. The SMILES string of the molecule is CC(C)NS(=O)(=O)c1ccc(NC(=O)CN2C(=O)CSc3ccccc32)cc1. The molecule has 2 N–H and O–H groups in total. The van der Waals surface area contributed by atoms with Crippen molar-refractivity contribution < 1.29 is 18.0 Å². The third-order valence-corrected chi connectivity index (χ3v) is 6.67. The predicted octanol–water partition coefficient (Wildman–Crippen LogP) is 2.45. The highest BCUT2D eigenvalue weighted by Crippen LogP contribution is 2.34. The average molecular weight is 420 g/mol. The van der Waals surface area contributed by atoms with E-state index < -0.39 is 10.0 Å². The number of carbonyl (C=O) groups is 2. The van der Waals surface area contributed by atoms with Crippen LogP contribution in [0.5, 0.6) is 0 Å². The van der Waals surface area contributed by atoms with E-state index in [1.165, 1.54) is 40.9 Å². The van der Waals surface area contributed by atoms with Crippen molar-refractivity contribution >= 4 is 45.0 Å². The van der Waals surface area contributed by atoms with Crippen LogP contribution in [0.3, 0.4) is 0 Å². The summed E-state index contributed by atoms with van der Waals surface area (Å²) in [7, 11) is -3.59. The Morgan fingerprint density at radius 2 is 1.82 bits per heavy atom. The number of carbonyl (C=O) groups excluding carboxylic acids is 2. The van der Waals surface area contributed by atoms with Gasteiger partial charge in [0.05, 0.1) is 16.3 Å². The monoisotopic (exact) mass is 419 g/mol. The van der Waals surface area contributed by atoms with Gasteiger partial charge in [0.15, 0.2) is 0 Å². The number of sulfonamides is 1. The first-order valence-electron chi connectivity index (χ1n) is 8.71. The average Bonchev–Trinajstić information content (AvgIpc) is 2.63. The number of hydrogen-bond donors (Lipinski definition) is 2. The van der Waals surface area contributed by atoms with E-state index in [1.54, 1.807) is 13.8 Å². The number of fused-ring (bicyclic) bond motifs is 1. The predicted molar refractivity (Wildman–Crippen MR) is 110 cm³/mol. The number of nitrogens with one attached hydrogen (secondary N) is 2. The summed E-state index contributed by atoms with van der Waals surface area (Å²) in [4.78, 5) is 27.2. The zero-order chi connectivity index (χ0) is 20.3. The number of benzene rings is 2. The van der Waals surface area contributed by atoms with Crippen LogP contribution in [0.15, 0.2) is 58.3 Å². The lowest BCUT2D eigenvalue weighted by Crippen LogP contribution is -2.41. The molecule has 0 saturated heterocycles. The van der Waals surface area contributed by atoms with E-state index >= 15 is 0 Å². The Kier molecular flexibility index (Phi) is 6.07. The largest absolute Gasteiger partial charge is 0.325 e. The van der Waals surface area contributed by atoms with Gasteiger partial charge in [-0.1, -0.05) is 12.1 Å². The van der Waals surface area contributed by atoms with Crippen LogP contribution in [0.1, 0.15) is 13.8 Å². The Morgan fingerprint density at radius 1 is 1.14 bits per heavy atom. The maximum Gasteiger partial charge on any atom is 0.244 e. The fraction of sp³-hybridized carbons (Fsp3) is 0.263. The first-order chi connectivity index (χ1) is 13.3.